The van der Waals surface area contributed by atoms with Crippen molar-refractivity contribution < 1.29 is 23.8 Å². The summed E-state index contributed by atoms with van der Waals surface area (Å²) in [5.74, 6) is -2.03. The average Bonchev–Trinajstić information content (AvgIpc) is 2.73. The molecule has 1 amide bonds. The van der Waals surface area contributed by atoms with Gasteiger partial charge in [-0.15, -0.1) is 0 Å². The Labute approximate surface area is 165 Å². The Balaban J connectivity index is 1.92. The van der Waals surface area contributed by atoms with Gasteiger partial charge in [0.1, 0.15) is 29.3 Å². The fourth-order valence-electron chi connectivity index (χ4n) is 2.77. The number of aliphatic carboxylic acids is 1. The lowest BCUT2D eigenvalue weighted by Gasteiger charge is -2.18. The Morgan fingerprint density at radius 1 is 1.17 bits per heavy atom. The van der Waals surface area contributed by atoms with Crippen LogP contribution in [0.5, 0.6) is 5.75 Å². The number of amides is 1. The van der Waals surface area contributed by atoms with Crippen LogP contribution in [-0.2, 0) is 4.79 Å². The van der Waals surface area contributed by atoms with E-state index in [0.717, 1.165) is 0 Å². The Hall–Kier alpha value is -3.88. The zero-order valence-corrected chi connectivity index (χ0v) is 15.4. The van der Waals surface area contributed by atoms with Crippen LogP contribution in [0.2, 0.25) is 0 Å². The molecule has 2 N–H and O–H groups in total. The summed E-state index contributed by atoms with van der Waals surface area (Å²) in [4.78, 5) is 36.1. The number of carboxylic acids is 1. The molecule has 0 bridgehead atoms. The molecule has 3 rings (SSSR count). The molecule has 8 nitrogen and oxygen atoms in total. The molecule has 0 unspecified atom stereocenters. The normalized spacial score (nSPS) is 11.5. The molecular weight excluding hydrogens is 379 g/mol. The lowest BCUT2D eigenvalue weighted by Crippen LogP contribution is -2.31. The number of carbonyl (C=O) groups is 2. The van der Waals surface area contributed by atoms with Gasteiger partial charge < -0.3 is 15.2 Å². The molecule has 0 saturated carbocycles. The highest BCUT2D eigenvalue weighted by molar-refractivity contribution is 5.93. The number of benzene rings is 1. The molecule has 0 aliphatic carbocycles. The lowest BCUT2D eigenvalue weighted by molar-refractivity contribution is -0.137. The molecule has 0 radical (unpaired) electrons. The predicted octanol–water partition coefficient (Wildman–Crippen LogP) is 2.63. The Morgan fingerprint density at radius 3 is 2.55 bits per heavy atom. The molecule has 9 heteroatoms. The number of hydrogen-bond donors (Lipinski definition) is 2. The van der Waals surface area contributed by atoms with Crippen LogP contribution in [-0.4, -0.2) is 39.0 Å². The minimum absolute atomic E-state index is 0.0105. The van der Waals surface area contributed by atoms with Crippen molar-refractivity contribution in [3.63, 3.8) is 0 Å². The van der Waals surface area contributed by atoms with Gasteiger partial charge in [-0.05, 0) is 18.2 Å². The third kappa shape index (κ3) is 4.70. The zero-order chi connectivity index (χ0) is 20.8. The number of pyridine rings is 1. The van der Waals surface area contributed by atoms with Gasteiger partial charge in [0, 0.05) is 23.5 Å². The van der Waals surface area contributed by atoms with E-state index >= 15 is 0 Å². The number of hydrogen-bond acceptors (Lipinski definition) is 6. The number of aromatic nitrogens is 3. The maximum atomic E-state index is 14.1. The van der Waals surface area contributed by atoms with Gasteiger partial charge >= 0.3 is 5.97 Å². The van der Waals surface area contributed by atoms with Crippen molar-refractivity contribution in [2.24, 2.45) is 0 Å². The molecule has 29 heavy (non-hydrogen) atoms. The van der Waals surface area contributed by atoms with E-state index in [9.17, 15) is 14.0 Å². The summed E-state index contributed by atoms with van der Waals surface area (Å²) in [5.41, 5.74) is 0.974. The summed E-state index contributed by atoms with van der Waals surface area (Å²) in [6.07, 6.45) is 3.91. The summed E-state index contributed by atoms with van der Waals surface area (Å²) in [6, 6.07) is 7.61. The van der Waals surface area contributed by atoms with Gasteiger partial charge in [0.05, 0.1) is 19.6 Å². The van der Waals surface area contributed by atoms with Crippen LogP contribution in [0.1, 0.15) is 28.5 Å². The smallest absolute Gasteiger partial charge is 0.305 e. The van der Waals surface area contributed by atoms with Gasteiger partial charge in [-0.1, -0.05) is 18.2 Å². The van der Waals surface area contributed by atoms with E-state index in [4.69, 9.17) is 9.84 Å². The van der Waals surface area contributed by atoms with Crippen LogP contribution in [0.3, 0.4) is 0 Å². The number of nitrogens with zero attached hydrogens (tertiary/aromatic N) is 3. The second-order valence-electron chi connectivity index (χ2n) is 6.02. The SMILES string of the molecule is COc1ccc(C(=O)N[C@@H](CC(=O)O)c2ccccc2F)nc1-c1cncnc1. The Kier molecular flexibility index (Phi) is 6.08. The maximum absolute atomic E-state index is 14.1. The first-order chi connectivity index (χ1) is 14.0. The highest BCUT2D eigenvalue weighted by Crippen LogP contribution is 2.27. The number of carbonyl (C=O) groups excluding carboxylic acids is 1. The number of carboxylic acid groups (broad SMARTS) is 1. The molecule has 1 atom stereocenters. The lowest BCUT2D eigenvalue weighted by atomic mass is 10.0. The van der Waals surface area contributed by atoms with E-state index in [1.54, 1.807) is 12.1 Å². The van der Waals surface area contributed by atoms with Crippen LogP contribution in [0.4, 0.5) is 4.39 Å². The van der Waals surface area contributed by atoms with E-state index in [0.29, 0.717) is 17.0 Å². The molecule has 0 aliphatic heterocycles. The molecule has 0 aliphatic rings. The van der Waals surface area contributed by atoms with E-state index in [1.165, 1.54) is 50.1 Å². The molecule has 1 aromatic carbocycles. The fourth-order valence-corrected chi connectivity index (χ4v) is 2.77. The first-order valence-electron chi connectivity index (χ1n) is 8.57. The summed E-state index contributed by atoms with van der Waals surface area (Å²) in [7, 11) is 1.46. The van der Waals surface area contributed by atoms with Gasteiger partial charge in [-0.25, -0.2) is 19.3 Å². The maximum Gasteiger partial charge on any atom is 0.305 e. The van der Waals surface area contributed by atoms with Crippen molar-refractivity contribution in [3.05, 3.63) is 72.2 Å². The van der Waals surface area contributed by atoms with Crippen molar-refractivity contribution >= 4 is 11.9 Å². The first-order valence-corrected chi connectivity index (χ1v) is 8.57. The van der Waals surface area contributed by atoms with Crippen LogP contribution in [0.25, 0.3) is 11.3 Å². The molecule has 2 aromatic heterocycles. The standard InChI is InChI=1S/C20H17FN4O4/c1-29-17-7-6-15(24-19(17)12-9-22-11-23-10-12)20(28)25-16(8-18(26)27)13-4-2-3-5-14(13)21/h2-7,9-11,16H,8H2,1H3,(H,25,28)(H,26,27)/t16-/m0/s1. The van der Waals surface area contributed by atoms with E-state index in [1.807, 2.05) is 0 Å². The second kappa shape index (κ2) is 8.87. The predicted molar refractivity (Wildman–Crippen MR) is 101 cm³/mol. The van der Waals surface area contributed by atoms with Crippen molar-refractivity contribution in [2.75, 3.05) is 7.11 Å². The van der Waals surface area contributed by atoms with Crippen molar-refractivity contribution in [1.29, 1.82) is 0 Å². The van der Waals surface area contributed by atoms with Crippen molar-refractivity contribution in [3.8, 4) is 17.0 Å². The summed E-state index contributed by atoms with van der Waals surface area (Å²) < 4.78 is 19.4. The quantitative estimate of drug-likeness (QED) is 0.631. The van der Waals surface area contributed by atoms with Crippen molar-refractivity contribution in [1.82, 2.24) is 20.3 Å². The summed E-state index contributed by atoms with van der Waals surface area (Å²) >= 11 is 0. The van der Waals surface area contributed by atoms with E-state index in [-0.39, 0.29) is 11.3 Å². The van der Waals surface area contributed by atoms with Gasteiger partial charge in [0.2, 0.25) is 0 Å². The number of ether oxygens (including phenoxy) is 1. The first kappa shape index (κ1) is 19.9. The second-order valence-corrected chi connectivity index (χ2v) is 6.02. The van der Waals surface area contributed by atoms with Crippen LogP contribution in [0.15, 0.2) is 55.1 Å². The van der Waals surface area contributed by atoms with Gasteiger partial charge in [-0.2, -0.15) is 0 Å². The molecule has 0 saturated heterocycles. The Bertz CT molecular complexity index is 1030. The minimum Gasteiger partial charge on any atom is -0.494 e. The monoisotopic (exact) mass is 396 g/mol. The number of rotatable bonds is 7. The van der Waals surface area contributed by atoms with Crippen molar-refractivity contribution in [2.45, 2.75) is 12.5 Å². The van der Waals surface area contributed by atoms with E-state index < -0.39 is 30.2 Å². The highest BCUT2D eigenvalue weighted by atomic mass is 19.1. The minimum atomic E-state index is -1.18. The molecule has 2 heterocycles. The van der Waals surface area contributed by atoms with Crippen LogP contribution in [0, 0.1) is 5.82 Å². The topological polar surface area (TPSA) is 114 Å². The number of halogens is 1. The highest BCUT2D eigenvalue weighted by Gasteiger charge is 2.23. The third-order valence-corrected chi connectivity index (χ3v) is 4.11. The van der Waals surface area contributed by atoms with E-state index in [2.05, 4.69) is 20.3 Å². The third-order valence-electron chi connectivity index (χ3n) is 4.11. The Morgan fingerprint density at radius 2 is 1.90 bits per heavy atom. The summed E-state index contributed by atoms with van der Waals surface area (Å²) in [5, 5.41) is 11.7. The number of methoxy groups -OCH3 is 1. The van der Waals surface area contributed by atoms with Gasteiger partial charge in [0.15, 0.2) is 0 Å². The molecule has 3 aromatic rings. The molecule has 148 valence electrons. The van der Waals surface area contributed by atoms with Gasteiger partial charge in [0.25, 0.3) is 5.91 Å². The average molecular weight is 396 g/mol. The fraction of sp³-hybridized carbons (Fsp3) is 0.150. The molecule has 0 fully saturated rings. The molecular formula is C20H17FN4O4. The van der Waals surface area contributed by atoms with Crippen LogP contribution < -0.4 is 10.1 Å². The molecule has 0 spiro atoms. The zero-order valence-electron chi connectivity index (χ0n) is 15.4. The largest absolute Gasteiger partial charge is 0.494 e. The number of nitrogens with one attached hydrogen (secondary N) is 1. The van der Waals surface area contributed by atoms with Gasteiger partial charge in [-0.3, -0.25) is 9.59 Å². The summed E-state index contributed by atoms with van der Waals surface area (Å²) in [6.45, 7) is 0. The van der Waals surface area contributed by atoms with Crippen LogP contribution >= 0.6 is 0 Å².